The Morgan fingerprint density at radius 1 is 1.50 bits per heavy atom. The third-order valence-electron chi connectivity index (χ3n) is 2.75. The van der Waals surface area contributed by atoms with E-state index in [2.05, 4.69) is 20.5 Å². The molecule has 1 saturated heterocycles. The molecule has 1 aromatic heterocycles. The van der Waals surface area contributed by atoms with Gasteiger partial charge in [-0.1, -0.05) is 0 Å². The van der Waals surface area contributed by atoms with Crippen molar-refractivity contribution in [1.29, 1.82) is 0 Å². The highest BCUT2D eigenvalue weighted by Gasteiger charge is 2.30. The van der Waals surface area contributed by atoms with Crippen LogP contribution in [0.1, 0.15) is 19.3 Å². The molecule has 0 aromatic carbocycles. The van der Waals surface area contributed by atoms with Gasteiger partial charge >= 0.3 is 12.0 Å². The monoisotopic (exact) mass is 251 g/mol. The summed E-state index contributed by atoms with van der Waals surface area (Å²) in [4.78, 5) is 27.9. The van der Waals surface area contributed by atoms with E-state index in [1.807, 2.05) is 0 Å². The Morgan fingerprint density at radius 2 is 2.33 bits per heavy atom. The molecule has 0 aliphatic carbocycles. The highest BCUT2D eigenvalue weighted by molar-refractivity contribution is 5.88. The van der Waals surface area contributed by atoms with Crippen molar-refractivity contribution in [3.63, 3.8) is 0 Å². The van der Waals surface area contributed by atoms with Crippen LogP contribution in [0, 0.1) is 0 Å². The third-order valence-corrected chi connectivity index (χ3v) is 2.75. The van der Waals surface area contributed by atoms with E-state index >= 15 is 0 Å². The number of carboxylic acid groups (broad SMARTS) is 1. The van der Waals surface area contributed by atoms with Gasteiger partial charge in [0.2, 0.25) is 0 Å². The molecule has 1 fully saturated rings. The molecule has 2 amide bonds. The number of aromatic nitrogens is 3. The lowest BCUT2D eigenvalue weighted by atomic mass is 10.1. The Balaban J connectivity index is 1.98. The number of carboxylic acids is 1. The van der Waals surface area contributed by atoms with Crippen molar-refractivity contribution in [2.75, 3.05) is 11.9 Å². The molecule has 1 aromatic rings. The summed E-state index contributed by atoms with van der Waals surface area (Å²) in [5.41, 5.74) is 0. The predicted octanol–water partition coefficient (Wildman–Crippen LogP) is 0.343. The van der Waals surface area contributed by atoms with Gasteiger partial charge in [-0.25, -0.2) is 9.78 Å². The number of anilines is 1. The Hall–Kier alpha value is -2.25. The summed E-state index contributed by atoms with van der Waals surface area (Å²) in [6.45, 7) is 0.546. The largest absolute Gasteiger partial charge is 0.481 e. The van der Waals surface area contributed by atoms with Gasteiger partial charge in [-0.05, 0) is 12.8 Å². The van der Waals surface area contributed by atoms with Crippen LogP contribution in [0.4, 0.5) is 10.7 Å². The second-order valence-electron chi connectivity index (χ2n) is 3.98. The van der Waals surface area contributed by atoms with Crippen molar-refractivity contribution in [3.05, 3.63) is 12.4 Å². The van der Waals surface area contributed by atoms with Crippen LogP contribution in [0.25, 0.3) is 0 Å². The average Bonchev–Trinajstić information content (AvgIpc) is 2.77. The molecule has 18 heavy (non-hydrogen) atoms. The topological polar surface area (TPSA) is 108 Å². The minimum Gasteiger partial charge on any atom is -0.481 e. The van der Waals surface area contributed by atoms with Crippen LogP contribution < -0.4 is 5.32 Å². The van der Waals surface area contributed by atoms with Crippen LogP contribution in [0.5, 0.6) is 0 Å². The van der Waals surface area contributed by atoms with E-state index in [4.69, 9.17) is 5.11 Å². The minimum absolute atomic E-state index is 0.0404. The Kier molecular flexibility index (Phi) is 3.66. The zero-order valence-electron chi connectivity index (χ0n) is 9.61. The maximum atomic E-state index is 11.9. The van der Waals surface area contributed by atoms with Gasteiger partial charge in [0.25, 0.3) is 5.95 Å². The van der Waals surface area contributed by atoms with Crippen LogP contribution in [-0.2, 0) is 4.79 Å². The molecule has 0 saturated carbocycles. The number of rotatable bonds is 3. The first-order chi connectivity index (χ1) is 8.66. The van der Waals surface area contributed by atoms with Gasteiger partial charge in [0.05, 0.1) is 18.8 Å². The normalized spacial score (nSPS) is 18.7. The summed E-state index contributed by atoms with van der Waals surface area (Å²) in [5.74, 6) is -0.791. The fraction of sp³-hybridized carbons (Fsp3) is 0.500. The average molecular weight is 251 g/mol. The number of urea groups is 1. The van der Waals surface area contributed by atoms with Crippen molar-refractivity contribution in [3.8, 4) is 0 Å². The molecule has 2 rings (SSSR count). The van der Waals surface area contributed by atoms with Gasteiger partial charge in [0.1, 0.15) is 0 Å². The highest BCUT2D eigenvalue weighted by Crippen LogP contribution is 2.20. The summed E-state index contributed by atoms with van der Waals surface area (Å²) >= 11 is 0. The second kappa shape index (κ2) is 5.39. The van der Waals surface area contributed by atoms with Gasteiger partial charge in [-0.2, -0.15) is 5.10 Å². The molecule has 1 unspecified atom stereocenters. The maximum absolute atomic E-state index is 11.9. The van der Waals surface area contributed by atoms with Crippen molar-refractivity contribution >= 4 is 17.9 Å². The summed E-state index contributed by atoms with van der Waals surface area (Å²) in [5, 5.41) is 18.5. The number of amides is 2. The van der Waals surface area contributed by atoms with Crippen molar-refractivity contribution < 1.29 is 14.7 Å². The molecule has 2 heterocycles. The molecule has 8 heteroatoms. The van der Waals surface area contributed by atoms with Gasteiger partial charge in [0, 0.05) is 12.6 Å². The Labute approximate surface area is 103 Å². The molecule has 0 radical (unpaired) electrons. The van der Waals surface area contributed by atoms with Gasteiger partial charge in [0.15, 0.2) is 0 Å². The van der Waals surface area contributed by atoms with Gasteiger partial charge in [-0.15, -0.1) is 5.10 Å². The molecule has 1 aliphatic heterocycles. The van der Waals surface area contributed by atoms with Gasteiger partial charge < -0.3 is 10.0 Å². The fourth-order valence-corrected chi connectivity index (χ4v) is 1.99. The van der Waals surface area contributed by atoms with Crippen LogP contribution in [0.2, 0.25) is 0 Å². The number of nitrogens with one attached hydrogen (secondary N) is 1. The maximum Gasteiger partial charge on any atom is 0.324 e. The first kappa shape index (κ1) is 12.2. The quantitative estimate of drug-likeness (QED) is 0.802. The SMILES string of the molecule is O=C(O)CC1CCCN1C(=O)Nc1nccnn1. The van der Waals surface area contributed by atoms with E-state index in [-0.39, 0.29) is 24.4 Å². The molecule has 2 N–H and O–H groups in total. The fourth-order valence-electron chi connectivity index (χ4n) is 1.99. The Bertz CT molecular complexity index is 438. The lowest BCUT2D eigenvalue weighted by Crippen LogP contribution is -2.40. The third kappa shape index (κ3) is 2.90. The number of hydrogen-bond acceptors (Lipinski definition) is 5. The predicted molar refractivity (Wildman–Crippen MR) is 60.8 cm³/mol. The zero-order chi connectivity index (χ0) is 13.0. The second-order valence-corrected chi connectivity index (χ2v) is 3.98. The molecule has 1 atom stereocenters. The number of carbonyl (C=O) groups excluding carboxylic acids is 1. The Morgan fingerprint density at radius 3 is 3.00 bits per heavy atom. The zero-order valence-corrected chi connectivity index (χ0v) is 9.61. The lowest BCUT2D eigenvalue weighted by Gasteiger charge is -2.23. The first-order valence-electron chi connectivity index (χ1n) is 5.60. The summed E-state index contributed by atoms with van der Waals surface area (Å²) in [6.07, 6.45) is 4.29. The van der Waals surface area contributed by atoms with Crippen LogP contribution in [0.3, 0.4) is 0 Å². The van der Waals surface area contributed by atoms with E-state index in [1.165, 1.54) is 17.3 Å². The van der Waals surface area contributed by atoms with Crippen molar-refractivity contribution in [2.24, 2.45) is 0 Å². The number of aliphatic carboxylic acids is 1. The van der Waals surface area contributed by atoms with E-state index in [1.54, 1.807) is 0 Å². The summed E-state index contributed by atoms with van der Waals surface area (Å²) in [6, 6.07) is -0.647. The van der Waals surface area contributed by atoms with Crippen LogP contribution in [0.15, 0.2) is 12.4 Å². The molecule has 1 aliphatic rings. The van der Waals surface area contributed by atoms with Gasteiger partial charge in [-0.3, -0.25) is 10.1 Å². The van der Waals surface area contributed by atoms with Crippen molar-refractivity contribution in [1.82, 2.24) is 20.1 Å². The standard InChI is InChI=1S/C10H13N5O3/c16-8(17)6-7-2-1-5-15(7)10(18)13-9-11-3-4-12-14-9/h3-4,7H,1-2,5-6H2,(H,16,17)(H,11,13,14,18). The molecule has 0 spiro atoms. The summed E-state index contributed by atoms with van der Waals surface area (Å²) in [7, 11) is 0. The minimum atomic E-state index is -0.905. The number of carbonyl (C=O) groups is 2. The van der Waals surface area contributed by atoms with E-state index in [0.717, 1.165) is 6.42 Å². The van der Waals surface area contributed by atoms with E-state index in [0.29, 0.717) is 13.0 Å². The molecule has 8 nitrogen and oxygen atoms in total. The number of nitrogens with zero attached hydrogens (tertiary/aromatic N) is 4. The number of likely N-dealkylation sites (tertiary alicyclic amines) is 1. The summed E-state index contributed by atoms with van der Waals surface area (Å²) < 4.78 is 0. The smallest absolute Gasteiger partial charge is 0.324 e. The van der Waals surface area contributed by atoms with E-state index < -0.39 is 5.97 Å². The molecule has 0 bridgehead atoms. The highest BCUT2D eigenvalue weighted by atomic mass is 16.4. The van der Waals surface area contributed by atoms with Crippen LogP contribution >= 0.6 is 0 Å². The first-order valence-corrected chi connectivity index (χ1v) is 5.60. The molecular weight excluding hydrogens is 238 g/mol. The van der Waals surface area contributed by atoms with Crippen molar-refractivity contribution in [2.45, 2.75) is 25.3 Å². The van der Waals surface area contributed by atoms with E-state index in [9.17, 15) is 9.59 Å². The lowest BCUT2D eigenvalue weighted by molar-refractivity contribution is -0.137. The van der Waals surface area contributed by atoms with Crippen LogP contribution in [-0.4, -0.2) is 49.8 Å². The molecular formula is C10H13N5O3. The number of hydrogen-bond donors (Lipinski definition) is 2. The molecule has 96 valence electrons.